The molecule has 1 N–H and O–H groups in total. The maximum absolute atomic E-state index is 12.8. The Morgan fingerprint density at radius 2 is 2.00 bits per heavy atom. The van der Waals surface area contributed by atoms with E-state index in [2.05, 4.69) is 36.2 Å². The van der Waals surface area contributed by atoms with Gasteiger partial charge in [-0.25, -0.2) is 0 Å². The summed E-state index contributed by atoms with van der Waals surface area (Å²) in [5, 5.41) is 0. The van der Waals surface area contributed by atoms with Crippen molar-refractivity contribution in [1.82, 2.24) is 4.98 Å². The molecule has 1 aromatic heterocycles. The van der Waals surface area contributed by atoms with Crippen LogP contribution in [0.15, 0.2) is 53.5 Å². The van der Waals surface area contributed by atoms with E-state index in [9.17, 15) is 4.79 Å². The average molecular weight is 335 g/mol. The van der Waals surface area contributed by atoms with E-state index in [1.807, 2.05) is 25.1 Å². The molecule has 1 aromatic carbocycles. The molecule has 1 saturated carbocycles. The standard InChI is InChI=1S/C22H25NO2/c1-3-8-18-16-12-7-9-14(2)19(16)20-21(25-18)17(13-23-22(20)24)15-10-5-4-6-11-15/h3-6,8,10-11,13-14,16,18-19H,7,9,12H2,1-2H3,(H,23,24)/b8-3+. The van der Waals surface area contributed by atoms with Gasteiger partial charge in [0.1, 0.15) is 11.9 Å². The molecular formula is C22H25NO2. The molecule has 1 aliphatic carbocycles. The molecule has 2 aliphatic rings. The van der Waals surface area contributed by atoms with E-state index < -0.39 is 0 Å². The lowest BCUT2D eigenvalue weighted by Crippen LogP contribution is -2.42. The van der Waals surface area contributed by atoms with Crippen molar-refractivity contribution in [2.75, 3.05) is 0 Å². The SMILES string of the molecule is C/C=C/C1Oc2c(-c3ccccc3)c[nH]c(=O)c2C2C(C)CCCC12. The van der Waals surface area contributed by atoms with Crippen LogP contribution >= 0.6 is 0 Å². The van der Waals surface area contributed by atoms with Crippen molar-refractivity contribution in [3.05, 3.63) is 64.6 Å². The van der Waals surface area contributed by atoms with Crippen molar-refractivity contribution in [3.8, 4) is 16.9 Å². The van der Waals surface area contributed by atoms with Gasteiger partial charge in [-0.2, -0.15) is 0 Å². The number of aromatic nitrogens is 1. The van der Waals surface area contributed by atoms with E-state index in [0.717, 1.165) is 28.9 Å². The van der Waals surface area contributed by atoms with Crippen molar-refractivity contribution in [3.63, 3.8) is 0 Å². The van der Waals surface area contributed by atoms with Crippen molar-refractivity contribution < 1.29 is 4.74 Å². The van der Waals surface area contributed by atoms with Crippen LogP contribution in [0.4, 0.5) is 0 Å². The summed E-state index contributed by atoms with van der Waals surface area (Å²) in [5.74, 6) is 1.94. The summed E-state index contributed by atoms with van der Waals surface area (Å²) in [5.41, 5.74) is 2.94. The second-order valence-electron chi connectivity index (χ2n) is 7.35. The Balaban J connectivity index is 1.93. The Bertz CT molecular complexity index is 837. The van der Waals surface area contributed by atoms with Crippen LogP contribution in [0, 0.1) is 11.8 Å². The number of pyridine rings is 1. The zero-order valence-electron chi connectivity index (χ0n) is 14.9. The number of hydrogen-bond donors (Lipinski definition) is 1. The first kappa shape index (κ1) is 16.2. The predicted octanol–water partition coefficient (Wildman–Crippen LogP) is 4.90. The average Bonchev–Trinajstić information content (AvgIpc) is 2.63. The fraction of sp³-hybridized carbons (Fsp3) is 0.409. The van der Waals surface area contributed by atoms with Crippen LogP contribution in [0.5, 0.6) is 5.75 Å². The number of aromatic amines is 1. The second kappa shape index (κ2) is 6.55. The van der Waals surface area contributed by atoms with Crippen molar-refractivity contribution in [1.29, 1.82) is 0 Å². The Labute approximate surface area is 148 Å². The molecule has 0 saturated heterocycles. The van der Waals surface area contributed by atoms with Gasteiger partial charge in [0.15, 0.2) is 0 Å². The number of nitrogens with one attached hydrogen (secondary N) is 1. The van der Waals surface area contributed by atoms with E-state index in [0.29, 0.717) is 11.8 Å². The number of benzene rings is 1. The van der Waals surface area contributed by atoms with Gasteiger partial charge in [0.2, 0.25) is 0 Å². The summed E-state index contributed by atoms with van der Waals surface area (Å²) < 4.78 is 6.45. The van der Waals surface area contributed by atoms with Gasteiger partial charge in [0, 0.05) is 23.6 Å². The first-order valence-corrected chi connectivity index (χ1v) is 9.31. The first-order valence-electron chi connectivity index (χ1n) is 9.31. The molecule has 1 aliphatic heterocycles. The van der Waals surface area contributed by atoms with Crippen LogP contribution in [-0.2, 0) is 0 Å². The van der Waals surface area contributed by atoms with Crippen LogP contribution in [0.1, 0.15) is 44.6 Å². The normalized spacial score (nSPS) is 28.2. The van der Waals surface area contributed by atoms with Crippen LogP contribution in [-0.4, -0.2) is 11.1 Å². The van der Waals surface area contributed by atoms with Crippen LogP contribution in [0.3, 0.4) is 0 Å². The number of fused-ring (bicyclic) bond motifs is 3. The number of ether oxygens (including phenoxy) is 1. The monoisotopic (exact) mass is 335 g/mol. The zero-order valence-corrected chi connectivity index (χ0v) is 14.9. The third-order valence-electron chi connectivity index (χ3n) is 5.83. The summed E-state index contributed by atoms with van der Waals surface area (Å²) in [6, 6.07) is 10.2. The molecule has 25 heavy (non-hydrogen) atoms. The third kappa shape index (κ3) is 2.72. The number of rotatable bonds is 2. The molecule has 3 heteroatoms. The number of allylic oxidation sites excluding steroid dienone is 1. The van der Waals surface area contributed by atoms with Crippen molar-refractivity contribution in [2.45, 2.75) is 45.1 Å². The minimum Gasteiger partial charge on any atom is -0.485 e. The lowest BCUT2D eigenvalue weighted by atomic mass is 9.66. The second-order valence-corrected chi connectivity index (χ2v) is 7.35. The van der Waals surface area contributed by atoms with Gasteiger partial charge >= 0.3 is 0 Å². The van der Waals surface area contributed by atoms with Gasteiger partial charge in [-0.05, 0) is 30.9 Å². The Morgan fingerprint density at radius 3 is 2.76 bits per heavy atom. The highest BCUT2D eigenvalue weighted by Gasteiger charge is 2.44. The number of H-pyrrole nitrogens is 1. The van der Waals surface area contributed by atoms with Gasteiger partial charge in [0.05, 0.1) is 5.56 Å². The molecule has 3 nitrogen and oxygen atoms in total. The first-order chi connectivity index (χ1) is 12.2. The lowest BCUT2D eigenvalue weighted by molar-refractivity contribution is 0.0784. The van der Waals surface area contributed by atoms with Gasteiger partial charge in [-0.15, -0.1) is 0 Å². The van der Waals surface area contributed by atoms with E-state index in [1.165, 1.54) is 12.8 Å². The molecule has 1 fully saturated rings. The molecular weight excluding hydrogens is 310 g/mol. The summed E-state index contributed by atoms with van der Waals surface area (Å²) in [6.07, 6.45) is 9.60. The molecule has 0 spiro atoms. The minimum atomic E-state index is 0.0114. The highest BCUT2D eigenvalue weighted by Crippen LogP contribution is 2.51. The minimum absolute atomic E-state index is 0.0114. The van der Waals surface area contributed by atoms with Gasteiger partial charge < -0.3 is 9.72 Å². The maximum Gasteiger partial charge on any atom is 0.255 e. The van der Waals surface area contributed by atoms with E-state index in [4.69, 9.17) is 4.74 Å². The summed E-state index contributed by atoms with van der Waals surface area (Å²) in [6.45, 7) is 4.32. The van der Waals surface area contributed by atoms with Crippen LogP contribution < -0.4 is 10.3 Å². The van der Waals surface area contributed by atoms with E-state index in [-0.39, 0.29) is 17.6 Å². The molecule has 130 valence electrons. The Hall–Kier alpha value is -2.29. The smallest absolute Gasteiger partial charge is 0.255 e. The summed E-state index contributed by atoms with van der Waals surface area (Å²) in [7, 11) is 0. The topological polar surface area (TPSA) is 42.1 Å². The quantitative estimate of drug-likeness (QED) is 0.793. The van der Waals surface area contributed by atoms with Gasteiger partial charge in [0.25, 0.3) is 5.56 Å². The van der Waals surface area contributed by atoms with Crippen molar-refractivity contribution in [2.24, 2.45) is 11.8 Å². The lowest BCUT2D eigenvalue weighted by Gasteiger charge is -2.44. The summed E-state index contributed by atoms with van der Waals surface area (Å²) >= 11 is 0. The van der Waals surface area contributed by atoms with Gasteiger partial charge in [-0.3, -0.25) is 4.79 Å². The highest BCUT2D eigenvalue weighted by atomic mass is 16.5. The highest BCUT2D eigenvalue weighted by molar-refractivity contribution is 5.72. The van der Waals surface area contributed by atoms with Gasteiger partial charge in [-0.1, -0.05) is 56.2 Å². The fourth-order valence-electron chi connectivity index (χ4n) is 4.71. The maximum atomic E-state index is 12.8. The summed E-state index contributed by atoms with van der Waals surface area (Å²) in [4.78, 5) is 15.7. The Kier molecular flexibility index (Phi) is 4.24. The van der Waals surface area contributed by atoms with E-state index >= 15 is 0 Å². The molecule has 2 aromatic rings. The number of hydrogen-bond acceptors (Lipinski definition) is 2. The third-order valence-corrected chi connectivity index (χ3v) is 5.83. The van der Waals surface area contributed by atoms with Crippen LogP contribution in [0.25, 0.3) is 11.1 Å². The van der Waals surface area contributed by atoms with Crippen LogP contribution in [0.2, 0.25) is 0 Å². The largest absolute Gasteiger partial charge is 0.485 e. The predicted molar refractivity (Wildman–Crippen MR) is 101 cm³/mol. The zero-order chi connectivity index (χ0) is 17.4. The Morgan fingerprint density at radius 1 is 1.20 bits per heavy atom. The molecule has 0 bridgehead atoms. The molecule has 0 amide bonds. The molecule has 0 radical (unpaired) electrons. The molecule has 4 rings (SSSR count). The van der Waals surface area contributed by atoms with Crippen molar-refractivity contribution >= 4 is 0 Å². The van der Waals surface area contributed by atoms with E-state index in [1.54, 1.807) is 6.20 Å². The molecule has 2 heterocycles. The molecule has 4 atom stereocenters. The molecule has 4 unspecified atom stereocenters. The fourth-order valence-corrected chi connectivity index (χ4v) is 4.71.